The number of ether oxygens (including phenoxy) is 1. The zero-order valence-electron chi connectivity index (χ0n) is 13.5. The highest BCUT2D eigenvalue weighted by molar-refractivity contribution is 7.80. The van der Waals surface area contributed by atoms with Gasteiger partial charge in [0.05, 0.1) is 19.1 Å². The van der Waals surface area contributed by atoms with Crippen LogP contribution in [0.1, 0.15) is 39.5 Å². The number of hydrogen-bond acceptors (Lipinski definition) is 6. The Bertz CT molecular complexity index is 557. The van der Waals surface area contributed by atoms with E-state index in [1.54, 1.807) is 6.07 Å². The van der Waals surface area contributed by atoms with Gasteiger partial charge in [0.1, 0.15) is 5.78 Å². The van der Waals surface area contributed by atoms with Gasteiger partial charge in [-0.2, -0.15) is 5.26 Å². The van der Waals surface area contributed by atoms with E-state index >= 15 is 0 Å². The maximum Gasteiger partial charge on any atom is 0.334 e. The normalized spacial score (nSPS) is 24.9. The second kappa shape index (κ2) is 8.02. The van der Waals surface area contributed by atoms with Crippen molar-refractivity contribution in [1.29, 1.82) is 5.26 Å². The van der Waals surface area contributed by atoms with Crippen molar-refractivity contribution in [2.45, 2.75) is 45.1 Å². The summed E-state index contributed by atoms with van der Waals surface area (Å²) >= 11 is 4.94. The van der Waals surface area contributed by atoms with Crippen molar-refractivity contribution < 1.29 is 19.1 Å². The van der Waals surface area contributed by atoms with E-state index in [1.165, 1.54) is 6.92 Å². The molecule has 0 aromatic rings. The summed E-state index contributed by atoms with van der Waals surface area (Å²) in [6, 6.07) is 1.80. The third-order valence-electron chi connectivity index (χ3n) is 4.12. The Morgan fingerprint density at radius 3 is 2.65 bits per heavy atom. The summed E-state index contributed by atoms with van der Waals surface area (Å²) in [7, 11) is 1.14. The zero-order chi connectivity index (χ0) is 17.6. The van der Waals surface area contributed by atoms with Crippen LogP contribution in [0.15, 0.2) is 0 Å². The number of nitrogens with one attached hydrogen (secondary N) is 2. The van der Waals surface area contributed by atoms with E-state index in [0.717, 1.165) is 20.0 Å². The van der Waals surface area contributed by atoms with Gasteiger partial charge in [0.2, 0.25) is 5.91 Å². The van der Waals surface area contributed by atoms with Crippen LogP contribution >= 0.6 is 12.2 Å². The standard InChI is InChI=1S/C15H21N3O4S/c1-4-5-6-7-11(19)9(2)15(13(21)22-3)10(8-16)12(20)17-14(23)18-15/h9-10H,4-7H2,1-3H3,(H2,17,18,20,23). The summed E-state index contributed by atoms with van der Waals surface area (Å²) in [6.45, 7) is 3.53. The summed E-state index contributed by atoms with van der Waals surface area (Å²) in [5, 5.41) is 14.2. The van der Waals surface area contributed by atoms with Gasteiger partial charge in [0, 0.05) is 6.42 Å². The van der Waals surface area contributed by atoms with Crippen LogP contribution in [0.3, 0.4) is 0 Å². The fourth-order valence-corrected chi connectivity index (χ4v) is 3.00. The maximum absolute atomic E-state index is 12.5. The molecular formula is C15H21N3O4S. The predicted molar refractivity (Wildman–Crippen MR) is 86.0 cm³/mol. The molecule has 1 aliphatic rings. The molecule has 3 unspecified atom stereocenters. The number of nitriles is 1. The van der Waals surface area contributed by atoms with Crippen molar-refractivity contribution in [1.82, 2.24) is 10.6 Å². The fourth-order valence-electron chi connectivity index (χ4n) is 2.74. The summed E-state index contributed by atoms with van der Waals surface area (Å²) in [6.07, 6.45) is 2.79. The Labute approximate surface area is 140 Å². The molecule has 1 fully saturated rings. The number of amides is 1. The van der Waals surface area contributed by atoms with E-state index < -0.39 is 29.3 Å². The fraction of sp³-hybridized carbons (Fsp3) is 0.667. The number of esters is 1. The van der Waals surface area contributed by atoms with E-state index in [1.807, 2.05) is 6.92 Å². The van der Waals surface area contributed by atoms with Crippen LogP contribution in [0.25, 0.3) is 0 Å². The minimum atomic E-state index is -1.80. The van der Waals surface area contributed by atoms with Crippen LogP contribution < -0.4 is 10.6 Å². The second-order valence-corrected chi connectivity index (χ2v) is 5.92. The predicted octanol–water partition coefficient (Wildman–Crippen LogP) is 0.828. The van der Waals surface area contributed by atoms with Crippen LogP contribution in [-0.2, 0) is 19.1 Å². The lowest BCUT2D eigenvalue weighted by Crippen LogP contribution is -2.73. The lowest BCUT2D eigenvalue weighted by Gasteiger charge is -2.42. The second-order valence-electron chi connectivity index (χ2n) is 5.51. The molecule has 126 valence electrons. The highest BCUT2D eigenvalue weighted by atomic mass is 32.1. The minimum Gasteiger partial charge on any atom is -0.467 e. The Morgan fingerprint density at radius 1 is 1.48 bits per heavy atom. The summed E-state index contributed by atoms with van der Waals surface area (Å²) in [5.74, 6) is -4.12. The van der Waals surface area contributed by atoms with Gasteiger partial charge >= 0.3 is 5.97 Å². The van der Waals surface area contributed by atoms with Gasteiger partial charge in [0.15, 0.2) is 16.6 Å². The third-order valence-corrected chi connectivity index (χ3v) is 4.32. The minimum absolute atomic E-state index is 0.0971. The Morgan fingerprint density at radius 2 is 2.13 bits per heavy atom. The molecule has 7 nitrogen and oxygen atoms in total. The summed E-state index contributed by atoms with van der Waals surface area (Å²) in [4.78, 5) is 37.0. The smallest absolute Gasteiger partial charge is 0.334 e. The van der Waals surface area contributed by atoms with Crippen LogP contribution in [-0.4, -0.2) is 35.4 Å². The van der Waals surface area contributed by atoms with Gasteiger partial charge in [-0.25, -0.2) is 4.79 Å². The highest BCUT2D eigenvalue weighted by Gasteiger charge is 2.59. The van der Waals surface area contributed by atoms with E-state index in [4.69, 9.17) is 17.0 Å². The quantitative estimate of drug-likeness (QED) is 0.402. The topological polar surface area (TPSA) is 108 Å². The monoisotopic (exact) mass is 339 g/mol. The molecule has 0 spiro atoms. The van der Waals surface area contributed by atoms with Crippen molar-refractivity contribution >= 4 is 35.0 Å². The third kappa shape index (κ3) is 3.67. The van der Waals surface area contributed by atoms with Crippen LogP contribution in [0, 0.1) is 23.2 Å². The number of methoxy groups -OCH3 is 1. The Hall–Kier alpha value is -2.01. The molecule has 0 saturated carbocycles. The van der Waals surface area contributed by atoms with E-state index in [-0.39, 0.29) is 17.3 Å². The lowest BCUT2D eigenvalue weighted by atomic mass is 9.71. The van der Waals surface area contributed by atoms with Crippen molar-refractivity contribution in [3.8, 4) is 6.07 Å². The van der Waals surface area contributed by atoms with Crippen molar-refractivity contribution in [3.05, 3.63) is 0 Å². The molecule has 1 aliphatic heterocycles. The molecule has 0 radical (unpaired) electrons. The van der Waals surface area contributed by atoms with Gasteiger partial charge in [-0.3, -0.25) is 9.59 Å². The highest BCUT2D eigenvalue weighted by Crippen LogP contribution is 2.32. The average Bonchev–Trinajstić information content (AvgIpc) is 2.52. The number of hydrogen-bond donors (Lipinski definition) is 2. The number of rotatable bonds is 7. The van der Waals surface area contributed by atoms with Gasteiger partial charge in [0.25, 0.3) is 0 Å². The molecule has 1 heterocycles. The Kier molecular flexibility index (Phi) is 6.63. The first-order valence-electron chi connectivity index (χ1n) is 7.48. The Balaban J connectivity index is 3.22. The SMILES string of the molecule is CCCCCC(=O)C(C)C1(C(=O)OC)NC(=S)NC(=O)C1C#N. The van der Waals surface area contributed by atoms with Gasteiger partial charge in [-0.15, -0.1) is 0 Å². The first-order valence-corrected chi connectivity index (χ1v) is 7.89. The maximum atomic E-state index is 12.5. The van der Waals surface area contributed by atoms with Crippen LogP contribution in [0.4, 0.5) is 0 Å². The molecule has 3 atom stereocenters. The number of Topliss-reactive ketones (excluding diaryl/α,β-unsaturated/α-hetero) is 1. The molecule has 0 aromatic heterocycles. The number of carbonyl (C=O) groups excluding carboxylic acids is 3. The van der Waals surface area contributed by atoms with E-state index in [2.05, 4.69) is 10.6 Å². The van der Waals surface area contributed by atoms with Crippen LogP contribution in [0.2, 0.25) is 0 Å². The first-order chi connectivity index (χ1) is 10.8. The van der Waals surface area contributed by atoms with Crippen molar-refractivity contribution in [2.75, 3.05) is 7.11 Å². The number of nitrogens with zero attached hydrogens (tertiary/aromatic N) is 1. The summed E-state index contributed by atoms with van der Waals surface area (Å²) in [5.41, 5.74) is -1.80. The van der Waals surface area contributed by atoms with Crippen molar-refractivity contribution in [2.24, 2.45) is 11.8 Å². The van der Waals surface area contributed by atoms with Gasteiger partial charge in [-0.05, 0) is 18.6 Å². The lowest BCUT2D eigenvalue weighted by molar-refractivity contribution is -0.158. The van der Waals surface area contributed by atoms with Gasteiger partial charge in [-0.1, -0.05) is 26.7 Å². The van der Waals surface area contributed by atoms with Crippen molar-refractivity contribution in [3.63, 3.8) is 0 Å². The molecular weight excluding hydrogens is 318 g/mol. The molecule has 0 aliphatic carbocycles. The largest absolute Gasteiger partial charge is 0.467 e. The molecule has 8 heteroatoms. The number of ketones is 1. The number of carbonyl (C=O) groups is 3. The molecule has 0 bridgehead atoms. The zero-order valence-corrected chi connectivity index (χ0v) is 14.3. The molecule has 2 N–H and O–H groups in total. The average molecular weight is 339 g/mol. The van der Waals surface area contributed by atoms with E-state index in [0.29, 0.717) is 6.42 Å². The molecule has 23 heavy (non-hydrogen) atoms. The van der Waals surface area contributed by atoms with Crippen LogP contribution in [0.5, 0.6) is 0 Å². The molecule has 0 aromatic carbocycles. The first kappa shape index (κ1) is 19.0. The number of thiocarbonyl (C=S) groups is 1. The molecule has 1 rings (SSSR count). The number of unbranched alkanes of at least 4 members (excludes halogenated alkanes) is 2. The molecule has 1 saturated heterocycles. The van der Waals surface area contributed by atoms with Gasteiger partial charge < -0.3 is 15.4 Å². The van der Waals surface area contributed by atoms with E-state index in [9.17, 15) is 19.6 Å². The molecule has 1 amide bonds. The summed E-state index contributed by atoms with van der Waals surface area (Å²) < 4.78 is 4.77.